The van der Waals surface area contributed by atoms with Gasteiger partial charge < -0.3 is 89.9 Å². The molecule has 17 atom stereocenters. The van der Waals surface area contributed by atoms with Gasteiger partial charge in [-0.25, -0.2) is 0 Å². The summed E-state index contributed by atoms with van der Waals surface area (Å²) in [6.07, 6.45) is 49.3. The molecule has 0 aromatic heterocycles. The summed E-state index contributed by atoms with van der Waals surface area (Å²) >= 11 is 0. The van der Waals surface area contributed by atoms with Crippen molar-refractivity contribution in [2.75, 3.05) is 26.4 Å². The maximum Gasteiger partial charge on any atom is 0.220 e. The van der Waals surface area contributed by atoms with E-state index in [-0.39, 0.29) is 18.9 Å². The van der Waals surface area contributed by atoms with Crippen molar-refractivity contribution >= 4 is 5.91 Å². The Morgan fingerprint density at radius 1 is 0.347 bits per heavy atom. The molecular formula is C82H157NO18. The number of ether oxygens (including phenoxy) is 6. The van der Waals surface area contributed by atoms with Crippen LogP contribution in [0.25, 0.3) is 0 Å². The summed E-state index contributed by atoms with van der Waals surface area (Å²) in [7, 11) is 0. The molecule has 17 unspecified atom stereocenters. The second-order valence-corrected chi connectivity index (χ2v) is 30.7. The number of hydrogen-bond acceptors (Lipinski definition) is 18. The molecule has 101 heavy (non-hydrogen) atoms. The molecule has 19 nitrogen and oxygen atoms in total. The van der Waals surface area contributed by atoms with Gasteiger partial charge in [0.2, 0.25) is 5.91 Å². The predicted molar refractivity (Wildman–Crippen MR) is 402 cm³/mol. The highest BCUT2D eigenvalue weighted by Crippen LogP contribution is 2.33. The van der Waals surface area contributed by atoms with Crippen LogP contribution in [0.4, 0.5) is 0 Å². The zero-order valence-corrected chi connectivity index (χ0v) is 64.2. The van der Waals surface area contributed by atoms with E-state index >= 15 is 0 Å². The van der Waals surface area contributed by atoms with E-state index in [1.807, 2.05) is 6.08 Å². The quantitative estimate of drug-likeness (QED) is 0.0199. The van der Waals surface area contributed by atoms with Crippen molar-refractivity contribution in [3.05, 3.63) is 12.2 Å². The van der Waals surface area contributed by atoms with Crippen molar-refractivity contribution in [2.24, 2.45) is 0 Å². The van der Waals surface area contributed by atoms with E-state index in [1.165, 1.54) is 302 Å². The molecule has 1 amide bonds. The Kier molecular flexibility index (Phi) is 58.9. The molecule has 0 bridgehead atoms. The largest absolute Gasteiger partial charge is 0.394 e. The molecule has 3 aliphatic rings. The molecular weight excluding hydrogens is 1290 g/mol. The van der Waals surface area contributed by atoms with E-state index in [0.29, 0.717) is 6.42 Å². The zero-order valence-electron chi connectivity index (χ0n) is 64.2. The maximum absolute atomic E-state index is 13.5. The lowest BCUT2D eigenvalue weighted by molar-refractivity contribution is -0.379. The van der Waals surface area contributed by atoms with Gasteiger partial charge in [0.15, 0.2) is 18.9 Å². The van der Waals surface area contributed by atoms with Gasteiger partial charge in [-0.05, 0) is 19.3 Å². The first-order chi connectivity index (χ1) is 49.3. The first kappa shape index (κ1) is 93.7. The van der Waals surface area contributed by atoms with Crippen molar-refractivity contribution in [3.8, 4) is 0 Å². The third kappa shape index (κ3) is 43.3. The van der Waals surface area contributed by atoms with Crippen molar-refractivity contribution in [1.82, 2.24) is 5.32 Å². The SMILES string of the molecule is CCCCCCCCCCCCCCCCCCCCCCCCC/C=C/C(O)C(COC1OC(CO)C(OC2OC(CO)C(OC3OC(CO)C(O)C(O)C3O)C(O)C2O)C(O)C1O)NC(=O)CCCCCCCCCCCCCCCCCCCCCCCCCCCCCCCCC. The third-order valence-corrected chi connectivity index (χ3v) is 21.6. The molecule has 12 N–H and O–H groups in total. The van der Waals surface area contributed by atoms with Crippen molar-refractivity contribution < 1.29 is 89.4 Å². The van der Waals surface area contributed by atoms with Gasteiger partial charge in [0.1, 0.15) is 73.2 Å². The molecule has 0 aromatic rings. The van der Waals surface area contributed by atoms with E-state index < -0.39 is 124 Å². The van der Waals surface area contributed by atoms with Crippen LogP contribution < -0.4 is 5.32 Å². The van der Waals surface area contributed by atoms with Gasteiger partial charge in [0.05, 0.1) is 38.6 Å². The minimum Gasteiger partial charge on any atom is -0.394 e. The standard InChI is InChI=1S/C82H157NO18/c1-3-5-7-9-11-13-15-17-19-21-23-25-27-29-30-31-32-33-34-36-38-40-42-44-46-48-50-52-54-56-58-60-70(88)83-65(66(87)59-57-55-53-51-49-47-45-43-41-39-37-35-28-26-24-22-20-18-16-14-12-10-8-6-4-2)64-96-80-76(94)73(91)78(68(62-85)98-80)101-82-77(95)74(92)79(69(63-86)99-82)100-81-75(93)72(90)71(89)67(61-84)97-81/h57,59,65-69,71-82,84-87,89-95H,3-56,58,60-64H2,1-2H3,(H,83,88)/b59-57+. The van der Waals surface area contributed by atoms with E-state index in [2.05, 4.69) is 19.2 Å². The highest BCUT2D eigenvalue weighted by Gasteiger charge is 2.54. The number of carbonyl (C=O) groups is 1. The molecule has 3 heterocycles. The Bertz CT molecular complexity index is 1870. The average Bonchev–Trinajstić information content (AvgIpc) is 0.792. The van der Waals surface area contributed by atoms with Crippen LogP contribution in [0.15, 0.2) is 12.2 Å². The number of hydrogen-bond donors (Lipinski definition) is 12. The molecule has 598 valence electrons. The van der Waals surface area contributed by atoms with Crippen LogP contribution in [-0.4, -0.2) is 193 Å². The van der Waals surface area contributed by atoms with E-state index in [4.69, 9.17) is 28.4 Å². The van der Waals surface area contributed by atoms with Gasteiger partial charge in [0.25, 0.3) is 0 Å². The lowest BCUT2D eigenvalue weighted by Gasteiger charge is -2.48. The normalized spacial score (nSPS) is 26.3. The minimum atomic E-state index is -1.98. The molecule has 0 radical (unpaired) electrons. The van der Waals surface area contributed by atoms with Gasteiger partial charge in [-0.2, -0.15) is 0 Å². The van der Waals surface area contributed by atoms with Crippen LogP contribution in [0.1, 0.15) is 373 Å². The van der Waals surface area contributed by atoms with E-state index in [1.54, 1.807) is 6.08 Å². The fraction of sp³-hybridized carbons (Fsp3) is 0.963. The topological polar surface area (TPSA) is 307 Å². The molecule has 19 heteroatoms. The predicted octanol–water partition coefficient (Wildman–Crippen LogP) is 14.7. The molecule has 0 saturated carbocycles. The Hall–Kier alpha value is -1.47. The van der Waals surface area contributed by atoms with Crippen molar-refractivity contribution in [2.45, 2.75) is 478 Å². The first-order valence-corrected chi connectivity index (χ1v) is 42.4. The number of allylic oxidation sites excluding steroid dienone is 1. The Balaban J connectivity index is 1.35. The van der Waals surface area contributed by atoms with Crippen LogP contribution in [-0.2, 0) is 33.2 Å². The van der Waals surface area contributed by atoms with Crippen molar-refractivity contribution in [3.63, 3.8) is 0 Å². The number of carbonyl (C=O) groups excluding carboxylic acids is 1. The average molecular weight is 1450 g/mol. The van der Waals surface area contributed by atoms with Crippen molar-refractivity contribution in [1.29, 1.82) is 0 Å². The molecule has 0 aromatic carbocycles. The first-order valence-electron chi connectivity index (χ1n) is 42.4. The number of nitrogens with one attached hydrogen (secondary N) is 1. The third-order valence-electron chi connectivity index (χ3n) is 21.6. The van der Waals surface area contributed by atoms with Crippen LogP contribution in [0.2, 0.25) is 0 Å². The van der Waals surface area contributed by atoms with E-state index in [0.717, 1.165) is 44.9 Å². The monoisotopic (exact) mass is 1440 g/mol. The van der Waals surface area contributed by atoms with Crippen LogP contribution in [0.5, 0.6) is 0 Å². The van der Waals surface area contributed by atoms with E-state index in [9.17, 15) is 61.0 Å². The summed E-state index contributed by atoms with van der Waals surface area (Å²) in [5.41, 5.74) is 0. The lowest BCUT2D eigenvalue weighted by Crippen LogP contribution is -2.66. The highest BCUT2D eigenvalue weighted by atomic mass is 16.8. The van der Waals surface area contributed by atoms with Crippen LogP contribution in [0, 0.1) is 0 Å². The summed E-state index contributed by atoms with van der Waals surface area (Å²) in [5, 5.41) is 121. The number of rotatable bonds is 69. The fourth-order valence-corrected chi connectivity index (χ4v) is 14.8. The second-order valence-electron chi connectivity index (χ2n) is 30.7. The Morgan fingerprint density at radius 2 is 0.614 bits per heavy atom. The number of amides is 1. The number of aliphatic hydroxyl groups excluding tert-OH is 11. The molecule has 3 saturated heterocycles. The van der Waals surface area contributed by atoms with Gasteiger partial charge in [-0.3, -0.25) is 4.79 Å². The lowest BCUT2D eigenvalue weighted by atomic mass is 9.96. The molecule has 0 spiro atoms. The number of unbranched alkanes of at least 4 members (excludes halogenated alkanes) is 53. The molecule has 3 aliphatic heterocycles. The summed E-state index contributed by atoms with van der Waals surface area (Å²) in [5.74, 6) is -0.265. The van der Waals surface area contributed by atoms with Gasteiger partial charge >= 0.3 is 0 Å². The molecule has 3 fully saturated rings. The maximum atomic E-state index is 13.5. The smallest absolute Gasteiger partial charge is 0.220 e. The van der Waals surface area contributed by atoms with Crippen LogP contribution >= 0.6 is 0 Å². The Labute approximate surface area is 614 Å². The zero-order chi connectivity index (χ0) is 73.2. The molecule has 0 aliphatic carbocycles. The second kappa shape index (κ2) is 63.5. The molecule has 3 rings (SSSR count). The Morgan fingerprint density at radius 3 is 0.931 bits per heavy atom. The highest BCUT2D eigenvalue weighted by molar-refractivity contribution is 5.76. The van der Waals surface area contributed by atoms with Gasteiger partial charge in [-0.1, -0.05) is 360 Å². The minimum absolute atomic E-state index is 0.250. The summed E-state index contributed by atoms with van der Waals surface area (Å²) in [4.78, 5) is 13.5. The van der Waals surface area contributed by atoms with Crippen LogP contribution in [0.3, 0.4) is 0 Å². The van der Waals surface area contributed by atoms with Gasteiger partial charge in [-0.15, -0.1) is 0 Å². The summed E-state index contributed by atoms with van der Waals surface area (Å²) in [6.45, 7) is 1.81. The number of aliphatic hydroxyl groups is 11. The van der Waals surface area contributed by atoms with Gasteiger partial charge in [0, 0.05) is 6.42 Å². The summed E-state index contributed by atoms with van der Waals surface area (Å²) in [6, 6.07) is -0.970. The summed E-state index contributed by atoms with van der Waals surface area (Å²) < 4.78 is 34.5. The fourth-order valence-electron chi connectivity index (χ4n) is 14.8.